The van der Waals surface area contributed by atoms with Gasteiger partial charge in [-0.25, -0.2) is 18.4 Å². The molecule has 2 aromatic rings. The first-order valence-electron chi connectivity index (χ1n) is 6.75. The van der Waals surface area contributed by atoms with E-state index in [1.54, 1.807) is 30.6 Å². The van der Waals surface area contributed by atoms with E-state index in [1.165, 1.54) is 16.4 Å². The predicted molar refractivity (Wildman–Crippen MR) is 81.3 cm³/mol. The fraction of sp³-hybridized carbons (Fsp3) is 0.286. The molecule has 1 aromatic carbocycles. The first kappa shape index (κ1) is 15.2. The lowest BCUT2D eigenvalue weighted by molar-refractivity contribution is 0.197. The SMILES string of the molecule is O=S(=O)(c1ccc(Cl)cc1)N1CC[C@@H](Oc2ncccn2)C1. The highest BCUT2D eigenvalue weighted by Crippen LogP contribution is 2.24. The first-order chi connectivity index (χ1) is 10.6. The van der Waals surface area contributed by atoms with Crippen LogP contribution in [0, 0.1) is 0 Å². The van der Waals surface area contributed by atoms with Crippen LogP contribution in [0.25, 0.3) is 0 Å². The van der Waals surface area contributed by atoms with Crippen molar-refractivity contribution in [2.45, 2.75) is 17.4 Å². The van der Waals surface area contributed by atoms with Gasteiger partial charge in [0.25, 0.3) is 0 Å². The van der Waals surface area contributed by atoms with Crippen molar-refractivity contribution in [2.75, 3.05) is 13.1 Å². The normalized spacial score (nSPS) is 19.2. The number of ether oxygens (including phenoxy) is 1. The molecule has 3 rings (SSSR count). The summed E-state index contributed by atoms with van der Waals surface area (Å²) in [4.78, 5) is 8.19. The Hall–Kier alpha value is -1.70. The number of nitrogens with zero attached hydrogens (tertiary/aromatic N) is 3. The van der Waals surface area contributed by atoms with Crippen LogP contribution in [-0.4, -0.2) is 41.9 Å². The Morgan fingerprint density at radius 2 is 1.86 bits per heavy atom. The predicted octanol–water partition coefficient (Wildman–Crippen LogP) is 1.97. The maximum atomic E-state index is 12.5. The molecule has 1 fully saturated rings. The Labute approximate surface area is 133 Å². The standard InChI is InChI=1S/C14H14ClN3O3S/c15-11-2-4-13(5-3-11)22(19,20)18-9-6-12(10-18)21-14-16-7-1-8-17-14/h1-5,7-8,12H,6,9-10H2/t12-/m1/s1. The van der Waals surface area contributed by atoms with Crippen LogP contribution in [0.5, 0.6) is 6.01 Å². The lowest BCUT2D eigenvalue weighted by atomic mass is 10.3. The lowest BCUT2D eigenvalue weighted by Gasteiger charge is -2.16. The minimum Gasteiger partial charge on any atom is -0.459 e. The van der Waals surface area contributed by atoms with Gasteiger partial charge in [-0.1, -0.05) is 11.6 Å². The monoisotopic (exact) mass is 339 g/mol. The first-order valence-corrected chi connectivity index (χ1v) is 8.57. The van der Waals surface area contributed by atoms with Gasteiger partial charge in [-0.2, -0.15) is 4.31 Å². The van der Waals surface area contributed by atoms with Gasteiger partial charge >= 0.3 is 6.01 Å². The summed E-state index contributed by atoms with van der Waals surface area (Å²) in [5.74, 6) is 0. The van der Waals surface area contributed by atoms with Crippen LogP contribution in [-0.2, 0) is 10.0 Å². The Morgan fingerprint density at radius 1 is 1.18 bits per heavy atom. The van der Waals surface area contributed by atoms with Gasteiger partial charge in [0.2, 0.25) is 10.0 Å². The van der Waals surface area contributed by atoms with Gasteiger partial charge in [0.05, 0.1) is 11.4 Å². The fourth-order valence-corrected chi connectivity index (χ4v) is 3.88. The summed E-state index contributed by atoms with van der Waals surface area (Å²) in [6.07, 6.45) is 3.52. The van der Waals surface area contributed by atoms with E-state index in [4.69, 9.17) is 16.3 Å². The molecule has 0 amide bonds. The third-order valence-corrected chi connectivity index (χ3v) is 5.50. The second kappa shape index (κ2) is 6.20. The molecular weight excluding hydrogens is 326 g/mol. The van der Waals surface area contributed by atoms with Crippen molar-refractivity contribution < 1.29 is 13.2 Å². The molecule has 0 spiro atoms. The molecule has 0 bridgehead atoms. The van der Waals surface area contributed by atoms with Crippen LogP contribution in [0.2, 0.25) is 5.02 Å². The number of halogens is 1. The molecule has 1 aliphatic heterocycles. The maximum absolute atomic E-state index is 12.5. The highest BCUT2D eigenvalue weighted by Gasteiger charge is 2.33. The summed E-state index contributed by atoms with van der Waals surface area (Å²) in [5, 5.41) is 0.503. The second-order valence-electron chi connectivity index (χ2n) is 4.88. The van der Waals surface area contributed by atoms with Crippen molar-refractivity contribution in [3.05, 3.63) is 47.7 Å². The average molecular weight is 340 g/mol. The molecule has 1 saturated heterocycles. The van der Waals surface area contributed by atoms with Crippen LogP contribution in [0.1, 0.15) is 6.42 Å². The van der Waals surface area contributed by atoms with Gasteiger partial charge in [0, 0.05) is 24.0 Å². The molecule has 1 aliphatic rings. The quantitative estimate of drug-likeness (QED) is 0.851. The van der Waals surface area contributed by atoms with Crippen molar-refractivity contribution in [1.29, 1.82) is 0 Å². The molecule has 8 heteroatoms. The van der Waals surface area contributed by atoms with E-state index in [2.05, 4.69) is 9.97 Å². The summed E-state index contributed by atoms with van der Waals surface area (Å²) in [5.41, 5.74) is 0. The van der Waals surface area contributed by atoms with Crippen LogP contribution in [0.4, 0.5) is 0 Å². The van der Waals surface area contributed by atoms with Crippen LogP contribution in [0.15, 0.2) is 47.6 Å². The van der Waals surface area contributed by atoms with Crippen LogP contribution < -0.4 is 4.74 Å². The van der Waals surface area contributed by atoms with Gasteiger partial charge in [0.15, 0.2) is 0 Å². The van der Waals surface area contributed by atoms with Crippen LogP contribution in [0.3, 0.4) is 0 Å². The fourth-order valence-electron chi connectivity index (χ4n) is 2.26. The van der Waals surface area contributed by atoms with E-state index in [9.17, 15) is 8.42 Å². The summed E-state index contributed by atoms with van der Waals surface area (Å²) in [7, 11) is -3.53. The Balaban J connectivity index is 1.70. The molecule has 6 nitrogen and oxygen atoms in total. The minimum absolute atomic E-state index is 0.230. The van der Waals surface area contributed by atoms with Crippen LogP contribution >= 0.6 is 11.6 Å². The highest BCUT2D eigenvalue weighted by molar-refractivity contribution is 7.89. The third kappa shape index (κ3) is 3.21. The van der Waals surface area contributed by atoms with E-state index in [0.29, 0.717) is 18.0 Å². The second-order valence-corrected chi connectivity index (χ2v) is 7.25. The number of benzene rings is 1. The van der Waals surface area contributed by atoms with Crippen molar-refractivity contribution in [3.63, 3.8) is 0 Å². The zero-order valence-electron chi connectivity index (χ0n) is 11.6. The van der Waals surface area contributed by atoms with Gasteiger partial charge in [-0.15, -0.1) is 0 Å². The summed E-state index contributed by atoms with van der Waals surface area (Å²) in [6, 6.07) is 8.10. The van der Waals surface area contributed by atoms with E-state index in [-0.39, 0.29) is 23.6 Å². The number of hydrogen-bond acceptors (Lipinski definition) is 5. The topological polar surface area (TPSA) is 72.4 Å². The molecule has 0 saturated carbocycles. The summed E-state index contributed by atoms with van der Waals surface area (Å²) >= 11 is 5.79. The van der Waals surface area contributed by atoms with Gasteiger partial charge in [0.1, 0.15) is 6.10 Å². The molecule has 0 N–H and O–H groups in total. The molecule has 116 valence electrons. The van der Waals surface area contributed by atoms with Crippen molar-refractivity contribution in [3.8, 4) is 6.01 Å². The van der Waals surface area contributed by atoms with E-state index < -0.39 is 10.0 Å². The smallest absolute Gasteiger partial charge is 0.316 e. The van der Waals surface area contributed by atoms with Crippen molar-refractivity contribution in [1.82, 2.24) is 14.3 Å². The number of aromatic nitrogens is 2. The zero-order chi connectivity index (χ0) is 15.6. The zero-order valence-corrected chi connectivity index (χ0v) is 13.2. The molecule has 2 heterocycles. The molecule has 1 atom stereocenters. The molecule has 22 heavy (non-hydrogen) atoms. The van der Waals surface area contributed by atoms with E-state index in [0.717, 1.165) is 0 Å². The highest BCUT2D eigenvalue weighted by atomic mass is 35.5. The Bertz CT molecular complexity index is 738. The minimum atomic E-state index is -3.53. The molecule has 0 aliphatic carbocycles. The Morgan fingerprint density at radius 3 is 2.55 bits per heavy atom. The van der Waals surface area contributed by atoms with E-state index in [1.807, 2.05) is 0 Å². The molecule has 0 unspecified atom stereocenters. The number of rotatable bonds is 4. The summed E-state index contributed by atoms with van der Waals surface area (Å²) in [6.45, 7) is 0.686. The van der Waals surface area contributed by atoms with Crippen molar-refractivity contribution in [2.24, 2.45) is 0 Å². The summed E-state index contributed by atoms with van der Waals surface area (Å²) < 4.78 is 32.1. The van der Waals surface area contributed by atoms with Crippen molar-refractivity contribution >= 4 is 21.6 Å². The third-order valence-electron chi connectivity index (χ3n) is 3.37. The van der Waals surface area contributed by atoms with Gasteiger partial charge in [-0.05, 0) is 36.8 Å². The number of sulfonamides is 1. The largest absolute Gasteiger partial charge is 0.459 e. The van der Waals surface area contributed by atoms with Gasteiger partial charge in [-0.3, -0.25) is 0 Å². The lowest BCUT2D eigenvalue weighted by Crippen LogP contribution is -2.31. The van der Waals surface area contributed by atoms with E-state index >= 15 is 0 Å². The molecule has 0 radical (unpaired) electrons. The Kier molecular flexibility index (Phi) is 4.28. The maximum Gasteiger partial charge on any atom is 0.316 e. The average Bonchev–Trinajstić information content (AvgIpc) is 2.98. The molecule has 1 aromatic heterocycles. The van der Waals surface area contributed by atoms with Gasteiger partial charge < -0.3 is 4.74 Å². The molecular formula is C14H14ClN3O3S. The number of hydrogen-bond donors (Lipinski definition) is 0.